The minimum Gasteiger partial charge on any atom is -0.317 e. The molecule has 0 bridgehead atoms. The molecule has 0 aromatic carbocycles. The monoisotopic (exact) mass is 290 g/mol. The number of hydrogen-bond acceptors (Lipinski definition) is 3. The highest BCUT2D eigenvalue weighted by atomic mass is 32.2. The molecule has 4 nitrogen and oxygen atoms in total. The molecule has 0 aromatic rings. The lowest BCUT2D eigenvalue weighted by Crippen LogP contribution is -2.40. The zero-order chi connectivity index (χ0) is 14.3. The first-order valence-corrected chi connectivity index (χ1v) is 9.28. The fourth-order valence-electron chi connectivity index (χ4n) is 2.15. The molecule has 0 aromatic heterocycles. The largest absolute Gasteiger partial charge is 0.317 e. The molecule has 1 fully saturated rings. The summed E-state index contributed by atoms with van der Waals surface area (Å²) in [7, 11) is -3.06. The first kappa shape index (κ1) is 16.9. The van der Waals surface area contributed by atoms with Crippen molar-refractivity contribution in [3.05, 3.63) is 0 Å². The molecule has 0 saturated heterocycles. The molecule has 0 atom stereocenters. The van der Waals surface area contributed by atoms with Gasteiger partial charge in [0.05, 0.1) is 5.75 Å². The Morgan fingerprint density at radius 2 is 1.89 bits per heavy atom. The average molecular weight is 290 g/mol. The van der Waals surface area contributed by atoms with Crippen molar-refractivity contribution >= 4 is 10.0 Å². The van der Waals surface area contributed by atoms with Crippen molar-refractivity contribution in [2.24, 2.45) is 5.92 Å². The van der Waals surface area contributed by atoms with Gasteiger partial charge >= 0.3 is 0 Å². The van der Waals surface area contributed by atoms with Crippen molar-refractivity contribution in [1.82, 2.24) is 9.62 Å². The lowest BCUT2D eigenvalue weighted by atomic mass is 10.3. The van der Waals surface area contributed by atoms with Gasteiger partial charge in [0.2, 0.25) is 10.0 Å². The van der Waals surface area contributed by atoms with E-state index < -0.39 is 10.0 Å². The summed E-state index contributed by atoms with van der Waals surface area (Å²) in [5.74, 6) is 0.912. The number of unbranched alkanes of at least 4 members (excludes halogenated alkanes) is 1. The number of nitrogens with zero attached hydrogens (tertiary/aromatic N) is 1. The number of sulfonamides is 1. The van der Waals surface area contributed by atoms with Crippen LogP contribution in [-0.2, 0) is 10.0 Å². The summed E-state index contributed by atoms with van der Waals surface area (Å²) in [5.41, 5.74) is 0. The van der Waals surface area contributed by atoms with Gasteiger partial charge in [-0.3, -0.25) is 0 Å². The van der Waals surface area contributed by atoms with Crippen LogP contribution in [0.25, 0.3) is 0 Å². The van der Waals surface area contributed by atoms with Crippen LogP contribution < -0.4 is 5.32 Å². The van der Waals surface area contributed by atoms with E-state index in [0.29, 0.717) is 11.7 Å². The van der Waals surface area contributed by atoms with E-state index in [1.54, 1.807) is 4.31 Å². The van der Waals surface area contributed by atoms with Crippen molar-refractivity contribution in [1.29, 1.82) is 0 Å². The minimum atomic E-state index is -3.06. The van der Waals surface area contributed by atoms with Crippen LogP contribution in [0.2, 0.25) is 0 Å². The smallest absolute Gasteiger partial charge is 0.214 e. The predicted molar refractivity (Wildman–Crippen MR) is 80.7 cm³/mol. The Hall–Kier alpha value is -0.130. The molecule has 0 heterocycles. The Balaban J connectivity index is 2.30. The second kappa shape index (κ2) is 8.22. The quantitative estimate of drug-likeness (QED) is 0.594. The van der Waals surface area contributed by atoms with E-state index in [1.165, 1.54) is 12.8 Å². The van der Waals surface area contributed by atoms with Crippen LogP contribution >= 0.6 is 0 Å². The van der Waals surface area contributed by atoms with E-state index in [4.69, 9.17) is 0 Å². The SMILES string of the molecule is CCCNCCCCS(=O)(=O)N(CC1CC1)C(C)C. The maximum absolute atomic E-state index is 12.3. The summed E-state index contributed by atoms with van der Waals surface area (Å²) in [6, 6.07) is 0.0869. The van der Waals surface area contributed by atoms with E-state index in [2.05, 4.69) is 12.2 Å². The summed E-state index contributed by atoms with van der Waals surface area (Å²) in [6.45, 7) is 8.76. The zero-order valence-corrected chi connectivity index (χ0v) is 13.5. The second-order valence-corrected chi connectivity index (χ2v) is 7.92. The molecule has 0 aliphatic heterocycles. The third-order valence-corrected chi connectivity index (χ3v) is 5.59. The topological polar surface area (TPSA) is 49.4 Å². The molecule has 0 radical (unpaired) electrons. The Morgan fingerprint density at radius 3 is 2.42 bits per heavy atom. The number of hydrogen-bond donors (Lipinski definition) is 1. The Kier molecular flexibility index (Phi) is 7.32. The Labute approximate surface area is 119 Å². The van der Waals surface area contributed by atoms with E-state index in [9.17, 15) is 8.42 Å². The lowest BCUT2D eigenvalue weighted by molar-refractivity contribution is 0.341. The first-order chi connectivity index (χ1) is 8.97. The van der Waals surface area contributed by atoms with Gasteiger partial charge in [0.1, 0.15) is 0 Å². The van der Waals surface area contributed by atoms with Crippen molar-refractivity contribution in [3.63, 3.8) is 0 Å². The van der Waals surface area contributed by atoms with Gasteiger partial charge in [-0.15, -0.1) is 0 Å². The highest BCUT2D eigenvalue weighted by molar-refractivity contribution is 7.89. The molecule has 1 aliphatic rings. The van der Waals surface area contributed by atoms with Gasteiger partial charge in [-0.05, 0) is 65.0 Å². The van der Waals surface area contributed by atoms with E-state index >= 15 is 0 Å². The molecule has 1 rings (SSSR count). The van der Waals surface area contributed by atoms with E-state index in [1.807, 2.05) is 13.8 Å². The predicted octanol–water partition coefficient (Wildman–Crippen LogP) is 2.22. The molecule has 1 saturated carbocycles. The van der Waals surface area contributed by atoms with E-state index in [-0.39, 0.29) is 6.04 Å². The third kappa shape index (κ3) is 6.72. The first-order valence-electron chi connectivity index (χ1n) is 7.67. The number of nitrogens with one attached hydrogen (secondary N) is 1. The zero-order valence-electron chi connectivity index (χ0n) is 12.7. The van der Waals surface area contributed by atoms with Crippen LogP contribution in [0.1, 0.15) is 52.9 Å². The van der Waals surface area contributed by atoms with Crippen LogP contribution in [-0.4, -0.2) is 44.2 Å². The van der Waals surface area contributed by atoms with Gasteiger partial charge in [0.15, 0.2) is 0 Å². The molecular formula is C14H30N2O2S. The summed E-state index contributed by atoms with van der Waals surface area (Å²) in [5, 5.41) is 3.31. The Bertz CT molecular complexity index is 337. The van der Waals surface area contributed by atoms with Gasteiger partial charge < -0.3 is 5.32 Å². The minimum absolute atomic E-state index is 0.0869. The molecule has 5 heteroatoms. The standard InChI is InChI=1S/C14H30N2O2S/c1-4-9-15-10-5-6-11-19(17,18)16(13(2)3)12-14-7-8-14/h13-15H,4-12H2,1-3H3. The summed E-state index contributed by atoms with van der Waals surface area (Å²) < 4.78 is 26.4. The van der Waals surface area contributed by atoms with Gasteiger partial charge in [0, 0.05) is 12.6 Å². The molecule has 0 spiro atoms. The van der Waals surface area contributed by atoms with Crippen LogP contribution in [0.15, 0.2) is 0 Å². The molecule has 1 N–H and O–H groups in total. The van der Waals surface area contributed by atoms with Gasteiger partial charge in [0.25, 0.3) is 0 Å². The van der Waals surface area contributed by atoms with Crippen molar-refractivity contribution < 1.29 is 8.42 Å². The molecule has 0 amide bonds. The highest BCUT2D eigenvalue weighted by Crippen LogP contribution is 2.31. The molecular weight excluding hydrogens is 260 g/mol. The second-order valence-electron chi connectivity index (χ2n) is 5.88. The molecule has 0 unspecified atom stereocenters. The van der Waals surface area contributed by atoms with Crippen molar-refractivity contribution in [3.8, 4) is 0 Å². The molecule has 1 aliphatic carbocycles. The fourth-order valence-corrected chi connectivity index (χ4v) is 4.04. The van der Waals surface area contributed by atoms with Crippen LogP contribution in [0, 0.1) is 5.92 Å². The van der Waals surface area contributed by atoms with Crippen LogP contribution in [0.4, 0.5) is 0 Å². The normalized spacial score (nSPS) is 16.5. The summed E-state index contributed by atoms with van der Waals surface area (Å²) in [6.07, 6.45) is 5.21. The highest BCUT2D eigenvalue weighted by Gasteiger charge is 2.31. The maximum Gasteiger partial charge on any atom is 0.214 e. The lowest BCUT2D eigenvalue weighted by Gasteiger charge is -2.25. The van der Waals surface area contributed by atoms with Gasteiger partial charge in [-0.2, -0.15) is 4.31 Å². The van der Waals surface area contributed by atoms with Crippen LogP contribution in [0.5, 0.6) is 0 Å². The Morgan fingerprint density at radius 1 is 1.21 bits per heavy atom. The van der Waals surface area contributed by atoms with Crippen LogP contribution in [0.3, 0.4) is 0 Å². The summed E-state index contributed by atoms with van der Waals surface area (Å²) in [4.78, 5) is 0. The third-order valence-electron chi connectivity index (χ3n) is 3.50. The number of rotatable bonds is 11. The average Bonchev–Trinajstić information content (AvgIpc) is 3.14. The molecule has 114 valence electrons. The summed E-state index contributed by atoms with van der Waals surface area (Å²) >= 11 is 0. The fraction of sp³-hybridized carbons (Fsp3) is 1.00. The van der Waals surface area contributed by atoms with Crippen molar-refractivity contribution in [2.45, 2.75) is 58.9 Å². The maximum atomic E-state index is 12.3. The van der Waals surface area contributed by atoms with E-state index in [0.717, 1.165) is 38.9 Å². The van der Waals surface area contributed by atoms with Gasteiger partial charge in [-0.1, -0.05) is 6.92 Å². The van der Waals surface area contributed by atoms with Crippen molar-refractivity contribution in [2.75, 3.05) is 25.4 Å². The molecule has 19 heavy (non-hydrogen) atoms. The van der Waals surface area contributed by atoms with Gasteiger partial charge in [-0.25, -0.2) is 8.42 Å².